The van der Waals surface area contributed by atoms with Gasteiger partial charge in [0.25, 0.3) is 11.8 Å². The van der Waals surface area contributed by atoms with Crippen LogP contribution in [0.4, 0.5) is 0 Å². The summed E-state index contributed by atoms with van der Waals surface area (Å²) in [7, 11) is 0. The molecular weight excluding hydrogens is 338 g/mol. The average molecular weight is 355 g/mol. The zero-order valence-electron chi connectivity index (χ0n) is 13.8. The van der Waals surface area contributed by atoms with Crippen LogP contribution in [0.1, 0.15) is 51.3 Å². The molecule has 128 valence electrons. The van der Waals surface area contributed by atoms with Crippen molar-refractivity contribution in [2.45, 2.75) is 32.6 Å². The van der Waals surface area contributed by atoms with Gasteiger partial charge in [0.15, 0.2) is 5.82 Å². The molecule has 7 nitrogen and oxygen atoms in total. The van der Waals surface area contributed by atoms with Gasteiger partial charge in [0.1, 0.15) is 5.01 Å². The molecule has 8 heteroatoms. The number of nitrogens with zero attached hydrogens (tertiary/aromatic N) is 5. The van der Waals surface area contributed by atoms with Crippen molar-refractivity contribution in [2.24, 2.45) is 0 Å². The Morgan fingerprint density at radius 1 is 1.04 bits per heavy atom. The monoisotopic (exact) mass is 355 g/mol. The predicted octanol–water partition coefficient (Wildman–Crippen LogP) is 2.37. The molecular formula is C17H17N5O2S. The largest absolute Gasteiger partial charge is 0.274 e. The number of aryl methyl sites for hydroxylation is 2. The summed E-state index contributed by atoms with van der Waals surface area (Å²) >= 11 is 1.51. The fraction of sp³-hybridized carbons (Fsp3) is 0.353. The van der Waals surface area contributed by atoms with Crippen molar-refractivity contribution in [1.82, 2.24) is 24.7 Å². The molecule has 25 heavy (non-hydrogen) atoms. The molecule has 3 aromatic rings. The summed E-state index contributed by atoms with van der Waals surface area (Å²) in [6, 6.07) is 6.96. The van der Waals surface area contributed by atoms with Crippen molar-refractivity contribution in [1.29, 1.82) is 0 Å². The lowest BCUT2D eigenvalue weighted by Crippen LogP contribution is -2.30. The van der Waals surface area contributed by atoms with Gasteiger partial charge in [-0.1, -0.05) is 30.4 Å². The number of imide groups is 1. The number of fused-ring (bicyclic) bond motifs is 2. The Morgan fingerprint density at radius 2 is 1.76 bits per heavy atom. The second-order valence-electron chi connectivity index (χ2n) is 5.97. The fourth-order valence-electron chi connectivity index (χ4n) is 3.01. The first-order valence-corrected chi connectivity index (χ1v) is 9.16. The molecule has 3 heterocycles. The second kappa shape index (κ2) is 6.36. The number of carbonyl (C=O) groups excluding carboxylic acids is 2. The minimum absolute atomic E-state index is 0.205. The third kappa shape index (κ3) is 2.72. The Labute approximate surface area is 148 Å². The highest BCUT2D eigenvalue weighted by Crippen LogP contribution is 2.23. The molecule has 0 spiro atoms. The van der Waals surface area contributed by atoms with E-state index in [0.717, 1.165) is 28.6 Å². The van der Waals surface area contributed by atoms with Gasteiger partial charge in [-0.05, 0) is 25.0 Å². The molecule has 0 radical (unpaired) electrons. The van der Waals surface area contributed by atoms with Gasteiger partial charge in [0.05, 0.1) is 11.1 Å². The highest BCUT2D eigenvalue weighted by molar-refractivity contribution is 7.16. The highest BCUT2D eigenvalue weighted by Gasteiger charge is 2.34. The van der Waals surface area contributed by atoms with Gasteiger partial charge in [-0.25, -0.2) is 0 Å². The normalized spacial score (nSPS) is 13.9. The van der Waals surface area contributed by atoms with Crippen LogP contribution < -0.4 is 0 Å². The summed E-state index contributed by atoms with van der Waals surface area (Å²) in [6.07, 6.45) is 3.22. The van der Waals surface area contributed by atoms with E-state index in [2.05, 4.69) is 22.2 Å². The van der Waals surface area contributed by atoms with E-state index in [-0.39, 0.29) is 11.8 Å². The number of hydrogen-bond donors (Lipinski definition) is 0. The van der Waals surface area contributed by atoms with Crippen LogP contribution in [0, 0.1) is 0 Å². The van der Waals surface area contributed by atoms with Crippen molar-refractivity contribution >= 4 is 28.1 Å². The molecule has 0 saturated carbocycles. The third-order valence-corrected chi connectivity index (χ3v) is 5.18. The maximum atomic E-state index is 12.3. The molecule has 0 bridgehead atoms. The first-order chi connectivity index (χ1) is 12.2. The van der Waals surface area contributed by atoms with Crippen LogP contribution in [0.15, 0.2) is 24.3 Å². The molecule has 1 aromatic carbocycles. The van der Waals surface area contributed by atoms with Gasteiger partial charge in [-0.2, -0.15) is 9.61 Å². The van der Waals surface area contributed by atoms with Gasteiger partial charge in [0, 0.05) is 19.4 Å². The van der Waals surface area contributed by atoms with Crippen molar-refractivity contribution in [3.05, 3.63) is 46.2 Å². The molecule has 0 fully saturated rings. The van der Waals surface area contributed by atoms with E-state index in [1.54, 1.807) is 28.8 Å². The van der Waals surface area contributed by atoms with Crippen LogP contribution >= 0.6 is 11.3 Å². The SMILES string of the molecule is CCCc1nnc2sc(CCCN3C(=O)c4ccccc4C3=O)nn12. The molecule has 0 aliphatic carbocycles. The number of aromatic nitrogens is 4. The molecule has 2 amide bonds. The van der Waals surface area contributed by atoms with Gasteiger partial charge in [-0.15, -0.1) is 10.2 Å². The Hall–Kier alpha value is -2.61. The Kier molecular flexibility index (Phi) is 4.04. The van der Waals surface area contributed by atoms with Gasteiger partial charge in [-0.3, -0.25) is 14.5 Å². The van der Waals surface area contributed by atoms with E-state index in [4.69, 9.17) is 0 Å². The van der Waals surface area contributed by atoms with Crippen LogP contribution in [0.2, 0.25) is 0 Å². The van der Waals surface area contributed by atoms with E-state index in [9.17, 15) is 9.59 Å². The molecule has 0 N–H and O–H groups in total. The first-order valence-electron chi connectivity index (χ1n) is 8.34. The lowest BCUT2D eigenvalue weighted by molar-refractivity contribution is 0.0652. The van der Waals surface area contributed by atoms with Crippen LogP contribution in [-0.4, -0.2) is 43.1 Å². The number of carbonyl (C=O) groups is 2. The summed E-state index contributed by atoms with van der Waals surface area (Å²) in [4.78, 5) is 26.8. The molecule has 2 aromatic heterocycles. The van der Waals surface area contributed by atoms with E-state index in [1.807, 2.05) is 0 Å². The minimum Gasteiger partial charge on any atom is -0.274 e. The maximum Gasteiger partial charge on any atom is 0.261 e. The first kappa shape index (κ1) is 15.9. The number of rotatable bonds is 6. The predicted molar refractivity (Wildman–Crippen MR) is 92.8 cm³/mol. The Bertz CT molecular complexity index is 926. The molecule has 0 saturated heterocycles. The van der Waals surface area contributed by atoms with Gasteiger partial charge in [0.2, 0.25) is 4.96 Å². The van der Waals surface area contributed by atoms with E-state index >= 15 is 0 Å². The van der Waals surface area contributed by atoms with Gasteiger partial charge < -0.3 is 0 Å². The van der Waals surface area contributed by atoms with E-state index in [1.165, 1.54) is 16.2 Å². The Balaban J connectivity index is 1.42. The lowest BCUT2D eigenvalue weighted by atomic mass is 10.1. The molecule has 1 aliphatic heterocycles. The van der Waals surface area contributed by atoms with Crippen molar-refractivity contribution in [3.63, 3.8) is 0 Å². The molecule has 1 aliphatic rings. The minimum atomic E-state index is -0.205. The standard InChI is InChI=1S/C17H17N5O2S/c1-2-6-13-18-19-17-22(13)20-14(25-17)9-5-10-21-15(23)11-7-3-4-8-12(11)16(21)24/h3-4,7-8H,2,5-6,9-10H2,1H3. The van der Waals surface area contributed by atoms with E-state index in [0.29, 0.717) is 30.5 Å². The second-order valence-corrected chi connectivity index (χ2v) is 7.01. The van der Waals surface area contributed by atoms with E-state index < -0.39 is 0 Å². The van der Waals surface area contributed by atoms with Crippen LogP contribution in [-0.2, 0) is 12.8 Å². The zero-order valence-corrected chi connectivity index (χ0v) is 14.6. The Morgan fingerprint density at radius 3 is 2.44 bits per heavy atom. The van der Waals surface area contributed by atoms with Crippen LogP contribution in [0.25, 0.3) is 4.96 Å². The lowest BCUT2D eigenvalue weighted by Gasteiger charge is -2.12. The molecule has 0 unspecified atom stereocenters. The number of amides is 2. The average Bonchev–Trinajstić information content (AvgIpc) is 3.25. The summed E-state index contributed by atoms with van der Waals surface area (Å²) in [6.45, 7) is 2.49. The topological polar surface area (TPSA) is 80.5 Å². The summed E-state index contributed by atoms with van der Waals surface area (Å²) in [5.74, 6) is 0.466. The maximum absolute atomic E-state index is 12.3. The third-order valence-electron chi connectivity index (χ3n) is 4.22. The molecule has 0 atom stereocenters. The van der Waals surface area contributed by atoms with Gasteiger partial charge >= 0.3 is 0 Å². The van der Waals surface area contributed by atoms with Crippen LogP contribution in [0.5, 0.6) is 0 Å². The summed E-state index contributed by atoms with van der Waals surface area (Å²) in [5, 5.41) is 13.8. The quantitative estimate of drug-likeness (QED) is 0.634. The fourth-order valence-corrected chi connectivity index (χ4v) is 3.90. The highest BCUT2D eigenvalue weighted by atomic mass is 32.1. The van der Waals surface area contributed by atoms with Crippen molar-refractivity contribution < 1.29 is 9.59 Å². The summed E-state index contributed by atoms with van der Waals surface area (Å²) in [5.41, 5.74) is 0.992. The van der Waals surface area contributed by atoms with Crippen molar-refractivity contribution in [3.8, 4) is 0 Å². The number of hydrogen-bond acceptors (Lipinski definition) is 6. The van der Waals surface area contributed by atoms with Crippen molar-refractivity contribution in [2.75, 3.05) is 6.54 Å². The smallest absolute Gasteiger partial charge is 0.261 e. The zero-order chi connectivity index (χ0) is 17.4. The summed E-state index contributed by atoms with van der Waals surface area (Å²) < 4.78 is 1.80. The number of benzene rings is 1. The van der Waals surface area contributed by atoms with Crippen LogP contribution in [0.3, 0.4) is 0 Å². The molecule has 4 rings (SSSR count).